The molecule has 0 saturated heterocycles. The van der Waals surface area contributed by atoms with Crippen LogP contribution in [0, 0.1) is 0 Å². The summed E-state index contributed by atoms with van der Waals surface area (Å²) >= 11 is 6.14. The summed E-state index contributed by atoms with van der Waals surface area (Å²) in [4.78, 5) is 30.8. The quantitative estimate of drug-likeness (QED) is 0.492. The van der Waals surface area contributed by atoms with Crippen LogP contribution in [0.1, 0.15) is 47.5 Å². The lowest BCUT2D eigenvalue weighted by Gasteiger charge is -2.26. The van der Waals surface area contributed by atoms with Gasteiger partial charge in [0.25, 0.3) is 5.91 Å². The molecule has 0 N–H and O–H groups in total. The number of amides is 1. The molecule has 168 valence electrons. The van der Waals surface area contributed by atoms with Crippen molar-refractivity contribution in [3.8, 4) is 5.75 Å². The summed E-state index contributed by atoms with van der Waals surface area (Å²) < 4.78 is 11.8. The highest BCUT2D eigenvalue weighted by Crippen LogP contribution is 2.39. The Bertz CT molecular complexity index is 1200. The number of ether oxygens (including phenoxy) is 1. The molecule has 1 aliphatic heterocycles. The molecule has 4 rings (SSSR count). The zero-order valence-corrected chi connectivity index (χ0v) is 19.3. The first kappa shape index (κ1) is 22.4. The van der Waals surface area contributed by atoms with Gasteiger partial charge in [0.05, 0.1) is 23.6 Å². The van der Waals surface area contributed by atoms with Gasteiger partial charge in [-0.05, 0) is 69.4 Å². The van der Waals surface area contributed by atoms with Gasteiger partial charge < -0.3 is 19.0 Å². The van der Waals surface area contributed by atoms with Crippen molar-refractivity contribution in [2.45, 2.75) is 25.8 Å². The van der Waals surface area contributed by atoms with Crippen molar-refractivity contribution in [2.75, 3.05) is 33.8 Å². The van der Waals surface area contributed by atoms with E-state index in [4.69, 9.17) is 20.8 Å². The Kier molecular flexibility index (Phi) is 6.53. The highest BCUT2D eigenvalue weighted by Gasteiger charge is 2.42. The molecule has 0 saturated carbocycles. The van der Waals surface area contributed by atoms with E-state index in [9.17, 15) is 9.59 Å². The van der Waals surface area contributed by atoms with E-state index in [0.29, 0.717) is 40.5 Å². The fraction of sp³-hybridized carbons (Fsp3) is 0.360. The predicted octanol–water partition coefficient (Wildman–Crippen LogP) is 4.73. The molecule has 1 amide bonds. The van der Waals surface area contributed by atoms with Crippen LogP contribution in [0.4, 0.5) is 0 Å². The van der Waals surface area contributed by atoms with E-state index in [-0.39, 0.29) is 17.1 Å². The van der Waals surface area contributed by atoms with Crippen LogP contribution in [0.2, 0.25) is 5.02 Å². The maximum absolute atomic E-state index is 13.5. The average molecular weight is 455 g/mol. The molecule has 7 heteroatoms. The number of rotatable bonds is 8. The second-order valence-corrected chi connectivity index (χ2v) is 8.73. The summed E-state index contributed by atoms with van der Waals surface area (Å²) in [5.41, 5.74) is 1.32. The minimum absolute atomic E-state index is 0.111. The van der Waals surface area contributed by atoms with Crippen LogP contribution >= 0.6 is 11.6 Å². The Morgan fingerprint density at radius 3 is 2.72 bits per heavy atom. The summed E-state index contributed by atoms with van der Waals surface area (Å²) in [5.74, 6) is 0.559. The van der Waals surface area contributed by atoms with Crippen LogP contribution in [0.25, 0.3) is 11.0 Å². The van der Waals surface area contributed by atoms with E-state index in [1.165, 1.54) is 0 Å². The van der Waals surface area contributed by atoms with Crippen LogP contribution < -0.4 is 10.2 Å². The molecular weight excluding hydrogens is 428 g/mol. The van der Waals surface area contributed by atoms with Crippen LogP contribution in [-0.2, 0) is 0 Å². The molecule has 0 spiro atoms. The second kappa shape index (κ2) is 9.35. The van der Waals surface area contributed by atoms with Gasteiger partial charge in [-0.2, -0.15) is 0 Å². The van der Waals surface area contributed by atoms with Gasteiger partial charge in [-0.3, -0.25) is 9.59 Å². The van der Waals surface area contributed by atoms with Crippen molar-refractivity contribution in [2.24, 2.45) is 0 Å². The van der Waals surface area contributed by atoms with Crippen molar-refractivity contribution >= 4 is 28.5 Å². The number of nitrogens with zero attached hydrogens (tertiary/aromatic N) is 2. The van der Waals surface area contributed by atoms with Crippen molar-refractivity contribution < 1.29 is 13.9 Å². The normalized spacial score (nSPS) is 15.6. The van der Waals surface area contributed by atoms with E-state index in [1.54, 1.807) is 23.1 Å². The number of fused-ring (bicyclic) bond motifs is 2. The smallest absolute Gasteiger partial charge is 0.290 e. The molecule has 1 aromatic heterocycles. The molecule has 0 aliphatic carbocycles. The third-order valence-corrected chi connectivity index (χ3v) is 5.81. The third-order valence-electron chi connectivity index (χ3n) is 5.58. The first-order chi connectivity index (χ1) is 15.4. The maximum atomic E-state index is 13.5. The number of carbonyl (C=O) groups is 1. The molecule has 2 aromatic carbocycles. The summed E-state index contributed by atoms with van der Waals surface area (Å²) in [5, 5.41) is 0.825. The zero-order valence-electron chi connectivity index (χ0n) is 18.6. The van der Waals surface area contributed by atoms with Crippen molar-refractivity contribution in [3.63, 3.8) is 0 Å². The van der Waals surface area contributed by atoms with E-state index in [2.05, 4.69) is 4.90 Å². The van der Waals surface area contributed by atoms with Crippen molar-refractivity contribution in [3.05, 3.63) is 74.6 Å². The van der Waals surface area contributed by atoms with Gasteiger partial charge >= 0.3 is 0 Å². The zero-order chi connectivity index (χ0) is 22.8. The summed E-state index contributed by atoms with van der Waals surface area (Å²) in [6.07, 6.45) is 1.66. The SMILES string of the molecule is CCCOc1cccc([C@H]2c3c(oc4ccc(Cl)cc4c3=O)C(=O)N2CCCN(C)C)c1. The predicted molar refractivity (Wildman–Crippen MR) is 126 cm³/mol. The number of halogens is 1. The molecule has 2 heterocycles. The topological polar surface area (TPSA) is 63.0 Å². The molecule has 1 atom stereocenters. The largest absolute Gasteiger partial charge is 0.494 e. The number of hydrogen-bond donors (Lipinski definition) is 0. The van der Waals surface area contributed by atoms with Gasteiger partial charge in [-0.1, -0.05) is 30.7 Å². The Labute approximate surface area is 192 Å². The Morgan fingerprint density at radius 2 is 1.97 bits per heavy atom. The van der Waals surface area contributed by atoms with Crippen LogP contribution in [-0.4, -0.2) is 49.5 Å². The van der Waals surface area contributed by atoms with Crippen molar-refractivity contribution in [1.82, 2.24) is 9.80 Å². The van der Waals surface area contributed by atoms with Gasteiger partial charge in [-0.15, -0.1) is 0 Å². The van der Waals surface area contributed by atoms with Gasteiger partial charge in [0.2, 0.25) is 5.76 Å². The highest BCUT2D eigenvalue weighted by atomic mass is 35.5. The molecule has 6 nitrogen and oxygen atoms in total. The van der Waals surface area contributed by atoms with Gasteiger partial charge in [-0.25, -0.2) is 0 Å². The van der Waals surface area contributed by atoms with E-state index < -0.39 is 6.04 Å². The van der Waals surface area contributed by atoms with Crippen LogP contribution in [0.5, 0.6) is 5.75 Å². The fourth-order valence-corrected chi connectivity index (χ4v) is 4.29. The lowest BCUT2D eigenvalue weighted by molar-refractivity contribution is 0.0722. The second-order valence-electron chi connectivity index (χ2n) is 8.29. The van der Waals surface area contributed by atoms with E-state index in [1.807, 2.05) is 45.3 Å². The van der Waals surface area contributed by atoms with E-state index >= 15 is 0 Å². The highest BCUT2D eigenvalue weighted by molar-refractivity contribution is 6.31. The first-order valence-electron chi connectivity index (χ1n) is 10.9. The minimum Gasteiger partial charge on any atom is -0.494 e. The molecule has 3 aromatic rings. The lowest BCUT2D eigenvalue weighted by Crippen LogP contribution is -2.32. The van der Waals surface area contributed by atoms with Gasteiger partial charge in [0, 0.05) is 11.6 Å². The maximum Gasteiger partial charge on any atom is 0.290 e. The molecular formula is C25H27ClN2O4. The monoisotopic (exact) mass is 454 g/mol. The standard InChI is InChI=1S/C25H27ClN2O4/c1-4-13-31-18-8-5-7-16(14-18)22-21-23(29)19-15-17(26)9-10-20(19)32-24(21)25(30)28(22)12-6-11-27(2)3/h5,7-10,14-15,22H,4,6,11-13H2,1-3H3/t22-/m0/s1. The summed E-state index contributed by atoms with van der Waals surface area (Å²) in [6.45, 7) is 3.97. The van der Waals surface area contributed by atoms with Gasteiger partial charge in [0.15, 0.2) is 5.43 Å². The van der Waals surface area contributed by atoms with Crippen molar-refractivity contribution in [1.29, 1.82) is 0 Å². The summed E-state index contributed by atoms with van der Waals surface area (Å²) in [6, 6.07) is 11.9. The molecule has 1 aliphatic rings. The number of carbonyl (C=O) groups excluding carboxylic acids is 1. The Balaban J connectivity index is 1.84. The number of hydrogen-bond acceptors (Lipinski definition) is 5. The fourth-order valence-electron chi connectivity index (χ4n) is 4.12. The van der Waals surface area contributed by atoms with Gasteiger partial charge in [0.1, 0.15) is 11.3 Å². The molecule has 0 unspecified atom stereocenters. The molecule has 0 fully saturated rings. The number of benzene rings is 2. The minimum atomic E-state index is -0.538. The summed E-state index contributed by atoms with van der Waals surface area (Å²) in [7, 11) is 3.99. The Hall–Kier alpha value is -2.83. The Morgan fingerprint density at radius 1 is 1.16 bits per heavy atom. The molecule has 0 bridgehead atoms. The third kappa shape index (κ3) is 4.25. The average Bonchev–Trinajstić information content (AvgIpc) is 3.05. The molecule has 32 heavy (non-hydrogen) atoms. The lowest BCUT2D eigenvalue weighted by atomic mass is 9.98. The molecule has 0 radical (unpaired) electrons. The van der Waals surface area contributed by atoms with E-state index in [0.717, 1.165) is 24.9 Å². The van der Waals surface area contributed by atoms with Crippen LogP contribution in [0.3, 0.4) is 0 Å². The first-order valence-corrected chi connectivity index (χ1v) is 11.2. The van der Waals surface area contributed by atoms with Crippen LogP contribution in [0.15, 0.2) is 51.7 Å².